The number of nitrogens with zero attached hydrogens (tertiary/aromatic N) is 3. The van der Waals surface area contributed by atoms with E-state index in [1.165, 1.54) is 12.1 Å². The average Bonchev–Trinajstić information content (AvgIpc) is 3.72. The number of hydrogen-bond donors (Lipinski definition) is 0. The number of fused-ring (bicyclic) bond motifs is 6. The lowest BCUT2D eigenvalue weighted by Gasteiger charge is -2.19. The van der Waals surface area contributed by atoms with Gasteiger partial charge in [0.05, 0.1) is 33.4 Å². The molecule has 0 radical (unpaired) electrons. The highest BCUT2D eigenvalue weighted by molar-refractivity contribution is 6.12. The van der Waals surface area contributed by atoms with Crippen LogP contribution >= 0.6 is 0 Å². The van der Waals surface area contributed by atoms with Crippen LogP contribution in [-0.4, -0.2) is 9.13 Å². The van der Waals surface area contributed by atoms with Crippen LogP contribution in [-0.2, 0) is 0 Å². The summed E-state index contributed by atoms with van der Waals surface area (Å²) in [6, 6.07) is 59.5. The van der Waals surface area contributed by atoms with Crippen molar-refractivity contribution in [2.75, 3.05) is 0 Å². The molecule has 2 heterocycles. The minimum absolute atomic E-state index is 0.371. The molecule has 0 saturated heterocycles. The number of aromatic nitrogens is 2. The van der Waals surface area contributed by atoms with Crippen molar-refractivity contribution < 1.29 is 8.78 Å². The van der Waals surface area contributed by atoms with Crippen LogP contribution in [0.25, 0.3) is 88.4 Å². The topological polar surface area (TPSA) is 33.6 Å². The lowest BCUT2D eigenvalue weighted by Crippen LogP contribution is -2.05. The van der Waals surface area contributed by atoms with E-state index in [1.807, 2.05) is 72.8 Å². The van der Waals surface area contributed by atoms with Crippen LogP contribution < -0.4 is 0 Å². The van der Waals surface area contributed by atoms with Gasteiger partial charge < -0.3 is 9.13 Å². The summed E-state index contributed by atoms with van der Waals surface area (Å²) in [5, 5.41) is 15.4. The van der Waals surface area contributed by atoms with Crippen molar-refractivity contribution in [2.24, 2.45) is 0 Å². The number of halogens is 2. The van der Waals surface area contributed by atoms with E-state index in [-0.39, 0.29) is 0 Å². The van der Waals surface area contributed by atoms with E-state index in [9.17, 15) is 14.0 Å². The van der Waals surface area contributed by atoms with Crippen molar-refractivity contribution in [3.63, 3.8) is 0 Å². The van der Waals surface area contributed by atoms with E-state index in [2.05, 4.69) is 100 Å². The molecule has 0 amide bonds. The smallest absolute Gasteiger partial charge is 0.126 e. The summed E-state index contributed by atoms with van der Waals surface area (Å²) in [7, 11) is 0. The van der Waals surface area contributed by atoms with E-state index in [1.54, 1.807) is 0 Å². The number of benzene rings is 8. The van der Waals surface area contributed by atoms with E-state index in [4.69, 9.17) is 0 Å². The lowest BCUT2D eigenvalue weighted by atomic mass is 9.99. The highest BCUT2D eigenvalue weighted by Gasteiger charge is 2.23. The molecule has 3 nitrogen and oxygen atoms in total. The third kappa shape index (κ3) is 5.00. The molecule has 54 heavy (non-hydrogen) atoms. The number of rotatable bonds is 5. The van der Waals surface area contributed by atoms with Gasteiger partial charge in [0.15, 0.2) is 0 Å². The van der Waals surface area contributed by atoms with Crippen molar-refractivity contribution >= 4 is 43.6 Å². The zero-order chi connectivity index (χ0) is 36.3. The Bertz CT molecular complexity index is 2930. The SMILES string of the molecule is N#Cc1c(-n2c3ccccc3c3ccc(-c4ccccc4)cc32)cc(-c2cc(F)cc(F)c2)cc1-n1c2ccccc2c2ccc(-c3ccccc3)cc21. The Kier molecular flexibility index (Phi) is 7.24. The summed E-state index contributed by atoms with van der Waals surface area (Å²) in [6.07, 6.45) is 0. The van der Waals surface area contributed by atoms with Crippen LogP contribution in [0.15, 0.2) is 176 Å². The Morgan fingerprint density at radius 2 is 0.759 bits per heavy atom. The normalized spacial score (nSPS) is 11.5. The van der Waals surface area contributed by atoms with Crippen molar-refractivity contribution in [3.05, 3.63) is 193 Å². The molecule has 0 aliphatic heterocycles. The van der Waals surface area contributed by atoms with Gasteiger partial charge in [-0.2, -0.15) is 5.26 Å². The molecule has 0 aliphatic rings. The van der Waals surface area contributed by atoms with Gasteiger partial charge in [-0.1, -0.05) is 121 Å². The Balaban J connectivity index is 1.35. The molecule has 0 unspecified atom stereocenters. The highest BCUT2D eigenvalue weighted by Crippen LogP contribution is 2.42. The van der Waals surface area contributed by atoms with Crippen molar-refractivity contribution in [1.82, 2.24) is 9.13 Å². The molecule has 10 aromatic rings. The van der Waals surface area contributed by atoms with Crippen LogP contribution in [0, 0.1) is 23.0 Å². The summed E-state index contributed by atoms with van der Waals surface area (Å²) in [6.45, 7) is 0. The monoisotopic (exact) mass is 697 g/mol. The summed E-state index contributed by atoms with van der Waals surface area (Å²) in [4.78, 5) is 0. The fourth-order valence-electron chi connectivity index (χ4n) is 8.05. The maximum atomic E-state index is 14.9. The van der Waals surface area contributed by atoms with Gasteiger partial charge in [0, 0.05) is 27.6 Å². The largest absolute Gasteiger partial charge is 0.308 e. The van der Waals surface area contributed by atoms with Crippen molar-refractivity contribution in [2.45, 2.75) is 0 Å². The average molecular weight is 698 g/mol. The Hall–Kier alpha value is -7.29. The minimum Gasteiger partial charge on any atom is -0.308 e. The van der Waals surface area contributed by atoms with Crippen LogP contribution in [0.3, 0.4) is 0 Å². The van der Waals surface area contributed by atoms with Gasteiger partial charge in [-0.15, -0.1) is 0 Å². The van der Waals surface area contributed by atoms with Crippen LogP contribution in [0.1, 0.15) is 5.56 Å². The van der Waals surface area contributed by atoms with Gasteiger partial charge in [0.25, 0.3) is 0 Å². The first-order valence-corrected chi connectivity index (χ1v) is 17.8. The molecule has 0 fully saturated rings. The van der Waals surface area contributed by atoms with Gasteiger partial charge in [-0.25, -0.2) is 8.78 Å². The summed E-state index contributed by atoms with van der Waals surface area (Å²) in [5.74, 6) is -1.35. The number of nitriles is 1. The van der Waals surface area contributed by atoms with E-state index in [0.29, 0.717) is 28.1 Å². The highest BCUT2D eigenvalue weighted by atomic mass is 19.1. The predicted octanol–water partition coefficient (Wildman–Crippen LogP) is 13.0. The van der Waals surface area contributed by atoms with Gasteiger partial charge >= 0.3 is 0 Å². The molecule has 254 valence electrons. The third-order valence-corrected chi connectivity index (χ3v) is 10.4. The second-order valence-electron chi connectivity index (χ2n) is 13.6. The van der Waals surface area contributed by atoms with E-state index < -0.39 is 11.6 Å². The maximum Gasteiger partial charge on any atom is 0.126 e. The van der Waals surface area contributed by atoms with E-state index >= 15 is 0 Å². The summed E-state index contributed by atoms with van der Waals surface area (Å²) in [5.41, 5.74) is 10.4. The standard InChI is InChI=1S/C49H29F2N3/c50-37-23-35(24-38(51)29-37)36-27-48(53-44-17-9-7-15-39(44)41-21-19-33(25-46(41)53)31-11-3-1-4-12-31)43(30-52)49(28-36)54-45-18-10-8-16-40(45)42-22-20-34(26-47(42)54)32-13-5-2-6-14-32/h1-29H. The first-order chi connectivity index (χ1) is 26.6. The summed E-state index contributed by atoms with van der Waals surface area (Å²) >= 11 is 0. The van der Waals surface area contributed by atoms with E-state index in [0.717, 1.165) is 71.9 Å². The molecule has 8 aromatic carbocycles. The molecule has 0 saturated carbocycles. The second kappa shape index (κ2) is 12.4. The zero-order valence-electron chi connectivity index (χ0n) is 28.8. The molecule has 0 aliphatic carbocycles. The van der Waals surface area contributed by atoms with Gasteiger partial charge in [0.1, 0.15) is 23.3 Å². The molecule has 0 atom stereocenters. The van der Waals surface area contributed by atoms with Crippen LogP contribution in [0.2, 0.25) is 0 Å². The fraction of sp³-hybridized carbons (Fsp3) is 0. The van der Waals surface area contributed by atoms with Gasteiger partial charge in [-0.05, 0) is 81.9 Å². The molecule has 0 bridgehead atoms. The fourth-order valence-corrected chi connectivity index (χ4v) is 8.05. The van der Waals surface area contributed by atoms with Crippen LogP contribution in [0.4, 0.5) is 8.78 Å². The minimum atomic E-state index is -0.675. The molecular weight excluding hydrogens is 669 g/mol. The first-order valence-electron chi connectivity index (χ1n) is 17.8. The number of hydrogen-bond acceptors (Lipinski definition) is 1. The summed E-state index contributed by atoms with van der Waals surface area (Å²) < 4.78 is 34.2. The predicted molar refractivity (Wildman–Crippen MR) is 216 cm³/mol. The molecule has 0 N–H and O–H groups in total. The third-order valence-electron chi connectivity index (χ3n) is 10.4. The van der Waals surface area contributed by atoms with Gasteiger partial charge in [0.2, 0.25) is 0 Å². The molecule has 2 aromatic heterocycles. The van der Waals surface area contributed by atoms with Crippen molar-refractivity contribution in [1.29, 1.82) is 5.26 Å². The first kappa shape index (κ1) is 31.4. The van der Waals surface area contributed by atoms with Crippen molar-refractivity contribution in [3.8, 4) is 50.8 Å². The Labute approximate surface area is 309 Å². The Morgan fingerprint density at radius 1 is 0.352 bits per heavy atom. The molecule has 10 rings (SSSR count). The zero-order valence-corrected chi connectivity index (χ0v) is 28.8. The quantitative estimate of drug-likeness (QED) is 0.176. The van der Waals surface area contributed by atoms with Gasteiger partial charge in [-0.3, -0.25) is 0 Å². The molecule has 0 spiro atoms. The molecular formula is C49H29F2N3. The second-order valence-corrected chi connectivity index (χ2v) is 13.6. The molecule has 5 heteroatoms. The number of para-hydroxylation sites is 2. The van der Waals surface area contributed by atoms with Crippen LogP contribution in [0.5, 0.6) is 0 Å². The Morgan fingerprint density at radius 3 is 1.22 bits per heavy atom. The maximum absolute atomic E-state index is 14.9. The lowest BCUT2D eigenvalue weighted by molar-refractivity contribution is 0.584.